The summed E-state index contributed by atoms with van der Waals surface area (Å²) >= 11 is -7.26. The molecule has 0 aliphatic heterocycles. The van der Waals surface area contributed by atoms with Crippen LogP contribution in [-0.4, -0.2) is 59.1 Å². The third kappa shape index (κ3) is 51.5. The van der Waals surface area contributed by atoms with Gasteiger partial charge in [-0.15, -0.1) is 0 Å². The Bertz CT molecular complexity index is 25.2. The van der Waals surface area contributed by atoms with Crippen molar-refractivity contribution in [3.63, 3.8) is 0 Å². The molecule has 0 aliphatic rings. The van der Waals surface area contributed by atoms with Gasteiger partial charge in [0.1, 0.15) is 0 Å². The molecule has 35 valence electrons. The molecular weight excluding hydrogens is 211 g/mol. The molecule has 0 aromatic carbocycles. The minimum atomic E-state index is -7.26. The van der Waals surface area contributed by atoms with Gasteiger partial charge < -0.3 is 0 Å². The first kappa shape index (κ1) is 16.4. The topological polar surface area (TPSA) is 0 Å². The molecule has 0 saturated carbocycles. The van der Waals surface area contributed by atoms with Crippen LogP contribution < -0.4 is 0 Å². The number of hydrogen-bond donors (Lipinski definition) is 0. The molecular formula is H2F4Na2Y. The maximum atomic E-state index is 9.91. The SMILES string of the molecule is [F][Y]([F])([F])[F].[NaH].[NaH]. The van der Waals surface area contributed by atoms with Crippen molar-refractivity contribution in [2.24, 2.45) is 0 Å². The van der Waals surface area contributed by atoms with E-state index in [2.05, 4.69) is 0 Å². The van der Waals surface area contributed by atoms with Gasteiger partial charge >= 0.3 is 95.3 Å². The zero-order valence-electron chi connectivity index (χ0n) is 2.09. The zero-order chi connectivity index (χ0) is 4.50. The van der Waals surface area contributed by atoms with Gasteiger partial charge in [-0.05, 0) is 0 Å². The van der Waals surface area contributed by atoms with E-state index < -0.39 is 28.5 Å². The van der Waals surface area contributed by atoms with Crippen LogP contribution in [0.2, 0.25) is 0 Å². The third-order valence-corrected chi connectivity index (χ3v) is 0. The first-order chi connectivity index (χ1) is 2.00. The van der Waals surface area contributed by atoms with E-state index in [1.807, 2.05) is 0 Å². The summed E-state index contributed by atoms with van der Waals surface area (Å²) in [7, 11) is 0. The average Bonchev–Trinajstić information content (AvgIpc) is 0.722. The van der Waals surface area contributed by atoms with Gasteiger partial charge in [0.05, 0.1) is 0 Å². The number of halogens is 4. The molecule has 7 heavy (non-hydrogen) atoms. The summed E-state index contributed by atoms with van der Waals surface area (Å²) in [5, 5.41) is 0. The first-order valence-corrected chi connectivity index (χ1v) is 5.16. The molecule has 0 aliphatic carbocycles. The summed E-state index contributed by atoms with van der Waals surface area (Å²) in [6.45, 7) is 0. The fourth-order valence-corrected chi connectivity index (χ4v) is 0. The van der Waals surface area contributed by atoms with E-state index in [9.17, 15) is 7.70 Å². The van der Waals surface area contributed by atoms with Crippen molar-refractivity contribution >= 4 is 59.1 Å². The Kier molecular flexibility index (Phi) is 16.3. The van der Waals surface area contributed by atoms with Gasteiger partial charge in [-0.1, -0.05) is 0 Å². The molecule has 0 bridgehead atoms. The Hall–Kier alpha value is 2.82. The second kappa shape index (κ2) is 6.94. The predicted octanol–water partition coefficient (Wildman–Crippen LogP) is 0.381. The summed E-state index contributed by atoms with van der Waals surface area (Å²) in [5.74, 6) is 0. The van der Waals surface area contributed by atoms with E-state index in [-0.39, 0.29) is 59.1 Å². The van der Waals surface area contributed by atoms with E-state index in [0.717, 1.165) is 0 Å². The average molecular weight is 213 g/mol. The van der Waals surface area contributed by atoms with Crippen molar-refractivity contribution < 1.29 is 36.2 Å². The van der Waals surface area contributed by atoms with Gasteiger partial charge in [0.25, 0.3) is 0 Å². The molecule has 0 unspecified atom stereocenters. The van der Waals surface area contributed by atoms with Gasteiger partial charge in [0, 0.05) is 0 Å². The van der Waals surface area contributed by atoms with Crippen LogP contribution >= 0.6 is 0 Å². The van der Waals surface area contributed by atoms with Gasteiger partial charge in [0.15, 0.2) is 0 Å². The molecule has 0 N–H and O–H groups in total. The van der Waals surface area contributed by atoms with Crippen LogP contribution in [0.25, 0.3) is 0 Å². The Balaban J connectivity index is -0.0000000800. The van der Waals surface area contributed by atoms with Gasteiger partial charge in [-0.3, -0.25) is 0 Å². The third-order valence-electron chi connectivity index (χ3n) is 0. The number of rotatable bonds is 0. The summed E-state index contributed by atoms with van der Waals surface area (Å²) < 4.78 is 39.6. The van der Waals surface area contributed by atoms with E-state index >= 15 is 0 Å². The van der Waals surface area contributed by atoms with Crippen LogP contribution in [0.15, 0.2) is 0 Å². The van der Waals surface area contributed by atoms with Crippen LogP contribution in [0.3, 0.4) is 0 Å². The standard InChI is InChI=1S/4FH.2Na.Y.2H/h4*1H;;;;;/q;;;;;;+4;;/p-4. The van der Waals surface area contributed by atoms with Gasteiger partial charge in [-0.2, -0.15) is 0 Å². The predicted molar refractivity (Wildman–Crippen MR) is 18.7 cm³/mol. The van der Waals surface area contributed by atoms with Crippen molar-refractivity contribution in [1.82, 2.24) is 0 Å². The van der Waals surface area contributed by atoms with Crippen LogP contribution in [0, 0.1) is 0 Å². The van der Waals surface area contributed by atoms with Crippen molar-refractivity contribution in [3.05, 3.63) is 0 Å². The second-order valence-corrected chi connectivity index (χ2v) is 2.93. The van der Waals surface area contributed by atoms with Crippen LogP contribution in [0.1, 0.15) is 0 Å². The van der Waals surface area contributed by atoms with Crippen molar-refractivity contribution in [1.29, 1.82) is 0 Å². The summed E-state index contributed by atoms with van der Waals surface area (Å²) in [6, 6.07) is 0. The van der Waals surface area contributed by atoms with E-state index in [1.165, 1.54) is 0 Å². The molecule has 0 spiro atoms. The molecule has 7 heteroatoms. The second-order valence-electron chi connectivity index (χ2n) is 0.495. The molecule has 0 aromatic heterocycles. The quantitative estimate of drug-likeness (QED) is 0.403. The fourth-order valence-electron chi connectivity index (χ4n) is 0. The molecule has 0 heterocycles. The Labute approximate surface area is 93.2 Å². The summed E-state index contributed by atoms with van der Waals surface area (Å²) in [4.78, 5) is 0. The first-order valence-electron chi connectivity index (χ1n) is 0.873. The zero-order valence-corrected chi connectivity index (χ0v) is 4.93. The van der Waals surface area contributed by atoms with Crippen molar-refractivity contribution in [2.45, 2.75) is 0 Å². The van der Waals surface area contributed by atoms with E-state index in [4.69, 9.17) is 0 Å². The minimum absolute atomic E-state index is 0. The normalized spacial score (nSPS) is 8.57. The number of hydrogen-bond acceptors (Lipinski definition) is 0. The van der Waals surface area contributed by atoms with E-state index in [1.54, 1.807) is 0 Å². The molecule has 0 rings (SSSR count). The van der Waals surface area contributed by atoms with Crippen LogP contribution in [0.5, 0.6) is 0 Å². The summed E-state index contributed by atoms with van der Waals surface area (Å²) in [5.41, 5.74) is 0. The van der Waals surface area contributed by atoms with Crippen LogP contribution in [-0.2, 0) is 28.5 Å². The van der Waals surface area contributed by atoms with Crippen molar-refractivity contribution in [3.8, 4) is 0 Å². The molecule has 0 fully saturated rings. The Morgan fingerprint density at radius 2 is 0.714 bits per heavy atom. The van der Waals surface area contributed by atoms with E-state index in [0.29, 0.717) is 0 Å². The molecule has 0 aromatic rings. The fraction of sp³-hybridized carbons (Fsp3) is 0. The monoisotopic (exact) mass is 213 g/mol. The Morgan fingerprint density at radius 1 is 0.714 bits per heavy atom. The molecule has 0 nitrogen and oxygen atoms in total. The molecule has 0 atom stereocenters. The maximum absolute atomic E-state index is 9.91. The molecule has 0 amide bonds. The summed E-state index contributed by atoms with van der Waals surface area (Å²) in [6.07, 6.45) is 0. The van der Waals surface area contributed by atoms with Crippen molar-refractivity contribution in [2.75, 3.05) is 0 Å². The molecule has 0 saturated heterocycles. The van der Waals surface area contributed by atoms with Gasteiger partial charge in [0.2, 0.25) is 0 Å². The molecule has 0 radical (unpaired) electrons. The Morgan fingerprint density at radius 3 is 0.714 bits per heavy atom. The van der Waals surface area contributed by atoms with Gasteiger partial charge in [-0.25, -0.2) is 0 Å². The van der Waals surface area contributed by atoms with Crippen LogP contribution in [0.4, 0.5) is 7.70 Å².